The highest BCUT2D eigenvalue weighted by atomic mass is 16.5. The summed E-state index contributed by atoms with van der Waals surface area (Å²) in [6.07, 6.45) is 5.73. The van der Waals surface area contributed by atoms with Crippen LogP contribution in [0.25, 0.3) is 0 Å². The molecule has 0 unspecified atom stereocenters. The van der Waals surface area contributed by atoms with Crippen LogP contribution < -0.4 is 0 Å². The number of hydrogen-bond donors (Lipinski definition) is 0. The van der Waals surface area contributed by atoms with Crippen LogP contribution in [-0.4, -0.2) is 12.7 Å². The number of ether oxygens (including phenoxy) is 1. The second-order valence-corrected chi connectivity index (χ2v) is 2.42. The predicted octanol–water partition coefficient (Wildman–Crippen LogP) is 1.97. The van der Waals surface area contributed by atoms with Crippen LogP contribution in [0.15, 0.2) is 0 Å². The molecule has 1 heteroatoms. The average Bonchev–Trinajstić information content (AvgIpc) is 2.19. The van der Waals surface area contributed by atoms with Crippen LogP contribution in [0.2, 0.25) is 0 Å². The normalized spacial score (nSPS) is 28.9. The maximum absolute atomic E-state index is 5.39. The van der Waals surface area contributed by atoms with Crippen LogP contribution in [0.3, 0.4) is 0 Å². The van der Waals surface area contributed by atoms with Crippen LogP contribution in [0.4, 0.5) is 0 Å². The minimum absolute atomic E-state index is 0.611. The lowest BCUT2D eigenvalue weighted by atomic mass is 10.1. The van der Waals surface area contributed by atoms with E-state index in [0.717, 1.165) is 6.61 Å². The van der Waals surface area contributed by atoms with Crippen molar-refractivity contribution in [3.63, 3.8) is 0 Å². The molecule has 0 amide bonds. The lowest BCUT2D eigenvalue weighted by molar-refractivity contribution is 0.103. The molecule has 1 aliphatic rings. The monoisotopic (exact) mass is 114 g/mol. The van der Waals surface area contributed by atoms with Crippen molar-refractivity contribution in [1.29, 1.82) is 0 Å². The van der Waals surface area contributed by atoms with Gasteiger partial charge in [-0.3, -0.25) is 0 Å². The molecule has 0 aromatic heterocycles. The van der Waals surface area contributed by atoms with E-state index in [1.807, 2.05) is 0 Å². The van der Waals surface area contributed by atoms with Gasteiger partial charge in [-0.15, -0.1) is 0 Å². The maximum atomic E-state index is 5.39. The van der Waals surface area contributed by atoms with Gasteiger partial charge in [0.05, 0.1) is 6.10 Å². The molecule has 1 heterocycles. The largest absolute Gasteiger partial charge is 0.378 e. The molecule has 48 valence electrons. The minimum Gasteiger partial charge on any atom is -0.378 e. The summed E-state index contributed by atoms with van der Waals surface area (Å²) in [7, 11) is 0. The smallest absolute Gasteiger partial charge is 0.0575 e. The fourth-order valence-electron chi connectivity index (χ4n) is 1.19. The van der Waals surface area contributed by atoms with Crippen molar-refractivity contribution < 1.29 is 4.74 Å². The Morgan fingerprint density at radius 1 is 1.62 bits per heavy atom. The molecule has 1 saturated heterocycles. The molecule has 1 atom stereocenters. The Hall–Kier alpha value is -0.0400. The highest BCUT2D eigenvalue weighted by molar-refractivity contribution is 4.62. The van der Waals surface area contributed by atoms with Gasteiger partial charge in [0.1, 0.15) is 0 Å². The second-order valence-electron chi connectivity index (χ2n) is 2.42. The predicted molar refractivity (Wildman–Crippen MR) is 33.9 cm³/mol. The van der Waals surface area contributed by atoms with Crippen molar-refractivity contribution in [3.8, 4) is 0 Å². The summed E-state index contributed by atoms with van der Waals surface area (Å²) in [5, 5.41) is 0. The molecule has 1 fully saturated rings. The summed E-state index contributed by atoms with van der Waals surface area (Å²) in [5.41, 5.74) is 0. The van der Waals surface area contributed by atoms with Gasteiger partial charge in [-0.25, -0.2) is 0 Å². The first-order chi connectivity index (χ1) is 3.93. The Morgan fingerprint density at radius 3 is 3.00 bits per heavy atom. The van der Waals surface area contributed by atoms with Gasteiger partial charge in [-0.2, -0.15) is 0 Å². The van der Waals surface area contributed by atoms with E-state index in [-0.39, 0.29) is 0 Å². The van der Waals surface area contributed by atoms with Gasteiger partial charge >= 0.3 is 0 Å². The zero-order chi connectivity index (χ0) is 5.82. The van der Waals surface area contributed by atoms with E-state index in [4.69, 9.17) is 4.74 Å². The van der Waals surface area contributed by atoms with E-state index in [1.165, 1.54) is 25.7 Å². The highest BCUT2D eigenvalue weighted by Crippen LogP contribution is 2.15. The number of rotatable bonds is 2. The summed E-state index contributed by atoms with van der Waals surface area (Å²) in [6, 6.07) is 0. The molecular weight excluding hydrogens is 100 g/mol. The van der Waals surface area contributed by atoms with E-state index in [9.17, 15) is 0 Å². The Morgan fingerprint density at radius 2 is 2.50 bits per heavy atom. The van der Waals surface area contributed by atoms with E-state index < -0.39 is 0 Å². The molecule has 0 radical (unpaired) electrons. The van der Waals surface area contributed by atoms with E-state index in [0.29, 0.717) is 6.10 Å². The van der Waals surface area contributed by atoms with Crippen LogP contribution in [0.1, 0.15) is 32.6 Å². The molecule has 0 N–H and O–H groups in total. The maximum Gasteiger partial charge on any atom is 0.0575 e. The van der Waals surface area contributed by atoms with Crippen molar-refractivity contribution >= 4 is 0 Å². The minimum atomic E-state index is 0.611. The highest BCUT2D eigenvalue weighted by Gasteiger charge is 2.12. The Kier molecular flexibility index (Phi) is 2.34. The molecule has 0 saturated carbocycles. The first-order valence-electron chi connectivity index (χ1n) is 3.55. The summed E-state index contributed by atoms with van der Waals surface area (Å²) in [5.74, 6) is 0. The van der Waals surface area contributed by atoms with Crippen molar-refractivity contribution in [2.45, 2.75) is 38.7 Å². The van der Waals surface area contributed by atoms with Crippen molar-refractivity contribution in [1.82, 2.24) is 0 Å². The van der Waals surface area contributed by atoms with Gasteiger partial charge in [0.2, 0.25) is 0 Å². The van der Waals surface area contributed by atoms with Crippen LogP contribution in [-0.2, 0) is 4.74 Å². The summed E-state index contributed by atoms with van der Waals surface area (Å²) in [6.45, 7) is 3.21. The van der Waals surface area contributed by atoms with Crippen LogP contribution in [0, 0.1) is 0 Å². The molecule has 1 rings (SSSR count). The third-order valence-corrected chi connectivity index (χ3v) is 1.63. The first kappa shape index (κ1) is 6.09. The van der Waals surface area contributed by atoms with Gasteiger partial charge < -0.3 is 4.74 Å². The molecule has 0 bridgehead atoms. The fraction of sp³-hybridized carbons (Fsp3) is 1.00. The summed E-state index contributed by atoms with van der Waals surface area (Å²) >= 11 is 0. The SMILES string of the molecule is CCC[C@H]1CCCO1. The van der Waals surface area contributed by atoms with E-state index in [2.05, 4.69) is 6.92 Å². The molecule has 0 spiro atoms. The zero-order valence-corrected chi connectivity index (χ0v) is 5.52. The van der Waals surface area contributed by atoms with Crippen LogP contribution >= 0.6 is 0 Å². The van der Waals surface area contributed by atoms with Crippen molar-refractivity contribution in [2.24, 2.45) is 0 Å². The standard InChI is InChI=1S/C7H14O/c1-2-4-7-5-3-6-8-7/h7H,2-6H2,1H3/t7-/m0/s1. The molecule has 0 aliphatic carbocycles. The molecule has 0 aromatic rings. The lowest BCUT2D eigenvalue weighted by Gasteiger charge is -2.04. The first-order valence-corrected chi connectivity index (χ1v) is 3.55. The van der Waals surface area contributed by atoms with Gasteiger partial charge in [0.15, 0.2) is 0 Å². The molecular formula is C7H14O. The zero-order valence-electron chi connectivity index (χ0n) is 5.52. The summed E-state index contributed by atoms with van der Waals surface area (Å²) in [4.78, 5) is 0. The van der Waals surface area contributed by atoms with Gasteiger partial charge in [0, 0.05) is 6.61 Å². The van der Waals surface area contributed by atoms with E-state index in [1.54, 1.807) is 0 Å². The molecule has 8 heavy (non-hydrogen) atoms. The third kappa shape index (κ3) is 1.48. The molecule has 1 nitrogen and oxygen atoms in total. The fourth-order valence-corrected chi connectivity index (χ4v) is 1.19. The molecule has 0 aromatic carbocycles. The summed E-state index contributed by atoms with van der Waals surface area (Å²) < 4.78 is 5.39. The third-order valence-electron chi connectivity index (χ3n) is 1.63. The van der Waals surface area contributed by atoms with Crippen molar-refractivity contribution in [3.05, 3.63) is 0 Å². The molecule has 1 aliphatic heterocycles. The Labute approximate surface area is 51.0 Å². The van der Waals surface area contributed by atoms with Crippen LogP contribution in [0.5, 0.6) is 0 Å². The number of hydrogen-bond acceptors (Lipinski definition) is 1. The quantitative estimate of drug-likeness (QED) is 0.533. The van der Waals surface area contributed by atoms with Gasteiger partial charge in [-0.1, -0.05) is 13.3 Å². The lowest BCUT2D eigenvalue weighted by Crippen LogP contribution is -2.02. The van der Waals surface area contributed by atoms with E-state index >= 15 is 0 Å². The van der Waals surface area contributed by atoms with Gasteiger partial charge in [0.25, 0.3) is 0 Å². The second kappa shape index (κ2) is 3.08. The Bertz CT molecular complexity index is 55.4. The average molecular weight is 114 g/mol. The van der Waals surface area contributed by atoms with Gasteiger partial charge in [-0.05, 0) is 19.3 Å². The van der Waals surface area contributed by atoms with Crippen molar-refractivity contribution in [2.75, 3.05) is 6.61 Å². The Balaban J connectivity index is 2.06. The topological polar surface area (TPSA) is 9.23 Å².